The van der Waals surface area contributed by atoms with E-state index in [1.807, 2.05) is 18.2 Å². The first-order valence-corrected chi connectivity index (χ1v) is 10.1. The molecule has 0 atom stereocenters. The molecule has 1 aromatic rings. The van der Waals surface area contributed by atoms with Crippen molar-refractivity contribution in [2.45, 2.75) is 0 Å². The normalized spacial score (nSPS) is 15.4. The summed E-state index contributed by atoms with van der Waals surface area (Å²) in [5, 5.41) is 30.5. The van der Waals surface area contributed by atoms with Crippen LogP contribution in [-0.2, 0) is 4.79 Å². The summed E-state index contributed by atoms with van der Waals surface area (Å²) < 4.78 is 0. The van der Waals surface area contributed by atoms with Gasteiger partial charge in [0.15, 0.2) is 11.6 Å². The summed E-state index contributed by atoms with van der Waals surface area (Å²) in [7, 11) is 0. The van der Waals surface area contributed by atoms with Gasteiger partial charge in [0, 0.05) is 56.5 Å². The minimum atomic E-state index is -0.206. The van der Waals surface area contributed by atoms with E-state index in [9.17, 15) is 9.59 Å². The molecule has 1 aromatic carbocycles. The van der Waals surface area contributed by atoms with Crippen molar-refractivity contribution in [1.82, 2.24) is 21.3 Å². The van der Waals surface area contributed by atoms with Crippen LogP contribution in [0.2, 0.25) is 0 Å². The first-order valence-electron chi connectivity index (χ1n) is 10.1. The van der Waals surface area contributed by atoms with Gasteiger partial charge in [-0.3, -0.25) is 9.59 Å². The number of carbonyl (C=O) groups is 2. The summed E-state index contributed by atoms with van der Waals surface area (Å²) in [6.07, 6.45) is 3.29. The van der Waals surface area contributed by atoms with Gasteiger partial charge in [0.2, 0.25) is 0 Å². The zero-order chi connectivity index (χ0) is 21.3. The Morgan fingerprint density at radius 3 is 2.13 bits per heavy atom. The molecule has 0 fully saturated rings. The van der Waals surface area contributed by atoms with Crippen molar-refractivity contribution in [1.29, 1.82) is 0 Å². The Morgan fingerprint density at radius 1 is 0.767 bits per heavy atom. The fourth-order valence-corrected chi connectivity index (χ4v) is 3.47. The van der Waals surface area contributed by atoms with Crippen LogP contribution in [0.5, 0.6) is 0 Å². The van der Waals surface area contributed by atoms with Crippen molar-refractivity contribution >= 4 is 17.6 Å². The van der Waals surface area contributed by atoms with E-state index in [0.717, 1.165) is 5.56 Å². The monoisotopic (exact) mass is 412 g/mol. The number of aliphatic hydroxyl groups is 2. The molecule has 160 valence electrons. The quantitative estimate of drug-likeness (QED) is 0.250. The molecule has 8 heteroatoms. The first kappa shape index (κ1) is 21.9. The predicted molar refractivity (Wildman–Crippen MR) is 115 cm³/mol. The van der Waals surface area contributed by atoms with Crippen molar-refractivity contribution in [2.75, 3.05) is 52.5 Å². The third-order valence-corrected chi connectivity index (χ3v) is 4.86. The molecule has 0 saturated carbocycles. The summed E-state index contributed by atoms with van der Waals surface area (Å²) in [6.45, 7) is 3.35. The average molecular weight is 412 g/mol. The second-order valence-corrected chi connectivity index (χ2v) is 6.95. The van der Waals surface area contributed by atoms with E-state index in [1.165, 1.54) is 6.08 Å². The van der Waals surface area contributed by atoms with Gasteiger partial charge in [-0.2, -0.15) is 0 Å². The van der Waals surface area contributed by atoms with E-state index in [1.54, 1.807) is 12.1 Å². The molecule has 0 heterocycles. The third-order valence-electron chi connectivity index (χ3n) is 4.86. The van der Waals surface area contributed by atoms with Gasteiger partial charge in [-0.15, -0.1) is 0 Å². The van der Waals surface area contributed by atoms with Crippen molar-refractivity contribution in [3.63, 3.8) is 0 Å². The lowest BCUT2D eigenvalue weighted by Gasteiger charge is -2.27. The molecule has 0 saturated heterocycles. The SMILES string of the molecule is O=C1C=C(NCCNCCO)C(NCCNCCO)=C2C(=O)c3ccccc3C=C12. The highest BCUT2D eigenvalue weighted by atomic mass is 16.3. The van der Waals surface area contributed by atoms with E-state index in [4.69, 9.17) is 10.2 Å². The lowest BCUT2D eigenvalue weighted by molar-refractivity contribution is -0.111. The van der Waals surface area contributed by atoms with E-state index < -0.39 is 0 Å². The summed E-state index contributed by atoms with van der Waals surface area (Å²) >= 11 is 0. The van der Waals surface area contributed by atoms with Crippen molar-refractivity contribution in [2.24, 2.45) is 0 Å². The van der Waals surface area contributed by atoms with Crippen LogP contribution in [0, 0.1) is 0 Å². The van der Waals surface area contributed by atoms with E-state index in [0.29, 0.717) is 67.4 Å². The predicted octanol–water partition coefficient (Wildman–Crippen LogP) is -0.670. The number of carbonyl (C=O) groups excluding carboxylic acids is 2. The number of aliphatic hydroxyl groups excluding tert-OH is 2. The van der Waals surface area contributed by atoms with Crippen LogP contribution in [0.25, 0.3) is 6.08 Å². The molecule has 8 nitrogen and oxygen atoms in total. The molecule has 0 unspecified atom stereocenters. The highest BCUT2D eigenvalue weighted by Gasteiger charge is 2.34. The average Bonchev–Trinajstić information content (AvgIpc) is 2.75. The summed E-state index contributed by atoms with van der Waals surface area (Å²) in [5.74, 6) is -0.379. The van der Waals surface area contributed by atoms with Crippen molar-refractivity contribution < 1.29 is 19.8 Å². The van der Waals surface area contributed by atoms with E-state index in [-0.39, 0.29) is 24.8 Å². The second-order valence-electron chi connectivity index (χ2n) is 6.95. The Bertz CT molecular complexity index is 889. The fourth-order valence-electron chi connectivity index (χ4n) is 3.47. The molecule has 30 heavy (non-hydrogen) atoms. The number of allylic oxidation sites excluding steroid dienone is 3. The minimum Gasteiger partial charge on any atom is -0.395 e. The number of rotatable bonds is 12. The van der Waals surface area contributed by atoms with Gasteiger partial charge in [0.25, 0.3) is 0 Å². The van der Waals surface area contributed by atoms with Gasteiger partial charge in [-0.05, 0) is 11.6 Å². The zero-order valence-electron chi connectivity index (χ0n) is 16.8. The third kappa shape index (κ3) is 5.03. The number of nitrogens with one attached hydrogen (secondary N) is 4. The van der Waals surface area contributed by atoms with Gasteiger partial charge in [0.05, 0.1) is 30.2 Å². The van der Waals surface area contributed by atoms with Gasteiger partial charge in [0.1, 0.15) is 0 Å². The van der Waals surface area contributed by atoms with Crippen LogP contribution < -0.4 is 21.3 Å². The molecule has 3 rings (SSSR count). The Morgan fingerprint density at radius 2 is 1.43 bits per heavy atom. The van der Waals surface area contributed by atoms with Crippen LogP contribution in [-0.4, -0.2) is 74.3 Å². The van der Waals surface area contributed by atoms with Crippen LogP contribution >= 0.6 is 0 Å². The van der Waals surface area contributed by atoms with Gasteiger partial charge >= 0.3 is 0 Å². The molecule has 6 N–H and O–H groups in total. The maximum absolute atomic E-state index is 13.3. The lowest BCUT2D eigenvalue weighted by Crippen LogP contribution is -2.38. The van der Waals surface area contributed by atoms with Crippen molar-refractivity contribution in [3.8, 4) is 0 Å². The maximum Gasteiger partial charge on any atom is 0.196 e. The van der Waals surface area contributed by atoms with Gasteiger partial charge in [-0.25, -0.2) is 0 Å². The smallest absolute Gasteiger partial charge is 0.196 e. The summed E-state index contributed by atoms with van der Waals surface area (Å²) in [4.78, 5) is 26.1. The first-order chi connectivity index (χ1) is 14.7. The molecule has 2 aliphatic rings. The van der Waals surface area contributed by atoms with Crippen molar-refractivity contribution in [3.05, 3.63) is 64.0 Å². The molecular formula is C22H28N4O4. The van der Waals surface area contributed by atoms with E-state index >= 15 is 0 Å². The number of hydrogen-bond acceptors (Lipinski definition) is 8. The van der Waals surface area contributed by atoms with Crippen LogP contribution in [0.1, 0.15) is 15.9 Å². The van der Waals surface area contributed by atoms with Crippen LogP contribution in [0.3, 0.4) is 0 Å². The van der Waals surface area contributed by atoms with Gasteiger partial charge < -0.3 is 31.5 Å². The largest absolute Gasteiger partial charge is 0.395 e. The molecule has 0 aromatic heterocycles. The Kier molecular flexibility index (Phi) is 7.92. The molecule has 0 aliphatic heterocycles. The Hall–Kier alpha value is -2.78. The molecule has 2 aliphatic carbocycles. The topological polar surface area (TPSA) is 123 Å². The second kappa shape index (κ2) is 10.8. The zero-order valence-corrected chi connectivity index (χ0v) is 16.8. The number of ketones is 2. The summed E-state index contributed by atoms with van der Waals surface area (Å²) in [6, 6.07) is 7.27. The number of fused-ring (bicyclic) bond motifs is 2. The number of Topliss-reactive ketones (excluding diaryl/α,β-unsaturated/α-hetero) is 1. The standard InChI is InChI=1S/C22H28N4O4/c27-11-9-23-5-7-25-18-14-19(29)17-13-15-3-1-2-4-16(15)22(30)20(17)21(18)26-8-6-24-10-12-28/h1-4,13-14,23-28H,5-12H2. The number of hydrogen-bond donors (Lipinski definition) is 6. The van der Waals surface area contributed by atoms with Gasteiger partial charge in [-0.1, -0.05) is 24.3 Å². The summed E-state index contributed by atoms with van der Waals surface area (Å²) in [5.41, 5.74) is 3.29. The molecule has 0 spiro atoms. The lowest BCUT2D eigenvalue weighted by atomic mass is 9.81. The number of benzene rings is 1. The molecule has 0 amide bonds. The Balaban J connectivity index is 1.86. The molecule has 0 bridgehead atoms. The maximum atomic E-state index is 13.3. The highest BCUT2D eigenvalue weighted by Crippen LogP contribution is 2.34. The fraction of sp³-hybridized carbons (Fsp3) is 0.364. The van der Waals surface area contributed by atoms with Crippen LogP contribution in [0.4, 0.5) is 0 Å². The van der Waals surface area contributed by atoms with E-state index in [2.05, 4.69) is 21.3 Å². The van der Waals surface area contributed by atoms with Crippen LogP contribution in [0.15, 0.2) is 52.9 Å². The Labute approximate surface area is 175 Å². The molecular weight excluding hydrogens is 384 g/mol. The molecule has 0 radical (unpaired) electrons. The minimum absolute atomic E-state index is 0.0537. The highest BCUT2D eigenvalue weighted by molar-refractivity contribution is 6.28.